The lowest BCUT2D eigenvalue weighted by Gasteiger charge is -2.32. The zero-order chi connectivity index (χ0) is 22.9. The quantitative estimate of drug-likeness (QED) is 0.538. The molecule has 4 rings (SSSR count). The molecule has 3 heterocycles. The van der Waals surface area contributed by atoms with E-state index >= 15 is 0 Å². The van der Waals surface area contributed by atoms with E-state index in [4.69, 9.17) is 9.15 Å². The van der Waals surface area contributed by atoms with Crippen LogP contribution in [0, 0.1) is 11.7 Å². The van der Waals surface area contributed by atoms with Crippen molar-refractivity contribution in [3.05, 3.63) is 64.7 Å². The van der Waals surface area contributed by atoms with Gasteiger partial charge in [-0.3, -0.25) is 4.79 Å². The van der Waals surface area contributed by atoms with E-state index in [-0.39, 0.29) is 22.9 Å². The van der Waals surface area contributed by atoms with Gasteiger partial charge in [0.1, 0.15) is 17.8 Å². The maximum Gasteiger partial charge on any atom is 0.281 e. The smallest absolute Gasteiger partial charge is 0.281 e. The van der Waals surface area contributed by atoms with Crippen LogP contribution in [0.5, 0.6) is 5.75 Å². The summed E-state index contributed by atoms with van der Waals surface area (Å²) < 4.78 is 53.5. The van der Waals surface area contributed by atoms with Crippen molar-refractivity contribution in [1.82, 2.24) is 13.2 Å². The number of fused-ring (bicyclic) bond motifs is 1. The first-order valence-electron chi connectivity index (χ1n) is 10.4. The minimum absolute atomic E-state index is 0.136. The van der Waals surface area contributed by atoms with Crippen molar-refractivity contribution >= 4 is 21.0 Å². The Bertz CT molecular complexity index is 1260. The Kier molecular flexibility index (Phi) is 6.36. The van der Waals surface area contributed by atoms with Crippen LogP contribution in [0.3, 0.4) is 0 Å². The third kappa shape index (κ3) is 4.87. The van der Waals surface area contributed by atoms with Crippen LogP contribution in [0.15, 0.2) is 52.1 Å². The maximum atomic E-state index is 13.4. The van der Waals surface area contributed by atoms with Gasteiger partial charge in [0.25, 0.3) is 10.2 Å². The van der Waals surface area contributed by atoms with E-state index in [0.29, 0.717) is 44.8 Å². The first-order chi connectivity index (χ1) is 15.2. The number of nitrogens with zero attached hydrogens (tertiary/aromatic N) is 3. The molecule has 1 aromatic carbocycles. The number of rotatable bonds is 7. The van der Waals surface area contributed by atoms with Gasteiger partial charge in [0.15, 0.2) is 0 Å². The molecule has 0 N–H and O–H groups in total. The van der Waals surface area contributed by atoms with Gasteiger partial charge >= 0.3 is 0 Å². The molecule has 0 saturated carbocycles. The molecule has 1 aliphatic rings. The van der Waals surface area contributed by atoms with Crippen molar-refractivity contribution in [3.63, 3.8) is 0 Å². The zero-order valence-electron chi connectivity index (χ0n) is 18.0. The van der Waals surface area contributed by atoms with Gasteiger partial charge in [-0.1, -0.05) is 0 Å². The number of halogens is 1. The zero-order valence-corrected chi connectivity index (χ0v) is 18.8. The van der Waals surface area contributed by atoms with Crippen LogP contribution in [0.25, 0.3) is 10.8 Å². The second-order valence-corrected chi connectivity index (χ2v) is 10.4. The van der Waals surface area contributed by atoms with Gasteiger partial charge in [0.05, 0.1) is 13.2 Å². The van der Waals surface area contributed by atoms with Crippen LogP contribution in [-0.4, -0.2) is 55.4 Å². The Hall–Kier alpha value is -2.69. The predicted octanol–water partition coefficient (Wildman–Crippen LogP) is 2.68. The SMILES string of the molecule is CN(C)S(=O)(=O)N1CCC(COc2coc(Cn3cc4ccc(F)cc4c3)cc2=O)CC1. The van der Waals surface area contributed by atoms with Gasteiger partial charge in [0.2, 0.25) is 11.2 Å². The average molecular weight is 464 g/mol. The standard InChI is InChI=1S/C22H26FN3O5S/c1-24(2)32(28,29)26-7-5-16(6-8-26)14-31-22-15-30-20(10-21(22)27)13-25-11-17-3-4-19(23)9-18(17)12-25/h3-4,9-12,15-16H,5-8,13-14H2,1-2H3. The number of benzene rings is 1. The van der Waals surface area contributed by atoms with Crippen LogP contribution in [0.2, 0.25) is 0 Å². The van der Waals surface area contributed by atoms with E-state index in [2.05, 4.69) is 0 Å². The number of piperidine rings is 1. The molecular formula is C22H26FN3O5S. The Morgan fingerprint density at radius 1 is 1.16 bits per heavy atom. The highest BCUT2D eigenvalue weighted by Crippen LogP contribution is 2.22. The molecule has 2 aromatic heterocycles. The summed E-state index contributed by atoms with van der Waals surface area (Å²) in [6, 6.07) is 5.96. The van der Waals surface area contributed by atoms with E-state index in [1.807, 2.05) is 10.8 Å². The predicted molar refractivity (Wildman–Crippen MR) is 118 cm³/mol. The van der Waals surface area contributed by atoms with E-state index in [1.54, 1.807) is 12.3 Å². The molecule has 0 atom stereocenters. The topological polar surface area (TPSA) is 85.0 Å². The van der Waals surface area contributed by atoms with Gasteiger partial charge in [0, 0.05) is 51.0 Å². The third-order valence-corrected chi connectivity index (χ3v) is 7.63. The lowest BCUT2D eigenvalue weighted by molar-refractivity contribution is 0.178. The van der Waals surface area contributed by atoms with Crippen molar-refractivity contribution in [2.24, 2.45) is 5.92 Å². The summed E-state index contributed by atoms with van der Waals surface area (Å²) >= 11 is 0. The molecule has 0 spiro atoms. The summed E-state index contributed by atoms with van der Waals surface area (Å²) in [4.78, 5) is 12.4. The lowest BCUT2D eigenvalue weighted by atomic mass is 9.99. The van der Waals surface area contributed by atoms with Crippen LogP contribution >= 0.6 is 0 Å². The van der Waals surface area contributed by atoms with Gasteiger partial charge in [-0.15, -0.1) is 0 Å². The van der Waals surface area contributed by atoms with Crippen molar-refractivity contribution in [1.29, 1.82) is 0 Å². The molecule has 1 fully saturated rings. The van der Waals surface area contributed by atoms with Gasteiger partial charge in [-0.05, 0) is 42.3 Å². The average Bonchev–Trinajstić information content (AvgIpc) is 3.14. The Labute approximate surface area is 186 Å². The minimum Gasteiger partial charge on any atom is -0.486 e. The number of aromatic nitrogens is 1. The fourth-order valence-corrected chi connectivity index (χ4v) is 4.95. The molecule has 1 saturated heterocycles. The summed E-state index contributed by atoms with van der Waals surface area (Å²) in [5.41, 5.74) is -0.276. The largest absolute Gasteiger partial charge is 0.486 e. The summed E-state index contributed by atoms with van der Waals surface area (Å²) in [6.07, 6.45) is 6.30. The number of hydrogen-bond acceptors (Lipinski definition) is 5. The van der Waals surface area contributed by atoms with Crippen LogP contribution in [-0.2, 0) is 16.8 Å². The molecule has 0 amide bonds. The van der Waals surface area contributed by atoms with Crippen LogP contribution in [0.1, 0.15) is 18.6 Å². The molecule has 172 valence electrons. The fraction of sp³-hybridized carbons (Fsp3) is 0.409. The number of ether oxygens (including phenoxy) is 1. The summed E-state index contributed by atoms with van der Waals surface area (Å²) in [5.74, 6) is 0.464. The first kappa shape index (κ1) is 22.5. The van der Waals surface area contributed by atoms with Gasteiger partial charge in [-0.2, -0.15) is 17.0 Å². The van der Waals surface area contributed by atoms with Crippen molar-refractivity contribution in [3.8, 4) is 5.75 Å². The highest BCUT2D eigenvalue weighted by Gasteiger charge is 2.29. The molecule has 0 aliphatic carbocycles. The third-order valence-electron chi connectivity index (χ3n) is 5.69. The fourth-order valence-electron chi connectivity index (χ4n) is 3.81. The monoisotopic (exact) mass is 463 g/mol. The van der Waals surface area contributed by atoms with Crippen LogP contribution < -0.4 is 10.2 Å². The van der Waals surface area contributed by atoms with Crippen molar-refractivity contribution in [2.45, 2.75) is 19.4 Å². The second-order valence-electron chi connectivity index (χ2n) is 8.22. The second kappa shape index (κ2) is 9.05. The van der Waals surface area contributed by atoms with E-state index in [0.717, 1.165) is 10.8 Å². The molecule has 8 nitrogen and oxygen atoms in total. The molecule has 0 bridgehead atoms. The van der Waals surface area contributed by atoms with E-state index in [1.165, 1.54) is 47.2 Å². The lowest BCUT2D eigenvalue weighted by Crippen LogP contribution is -2.45. The minimum atomic E-state index is -3.40. The summed E-state index contributed by atoms with van der Waals surface area (Å²) in [5, 5.41) is 1.68. The molecule has 1 aliphatic heterocycles. The number of hydrogen-bond donors (Lipinski definition) is 0. The summed E-state index contributed by atoms with van der Waals surface area (Å²) in [6.45, 7) is 1.52. The molecule has 10 heteroatoms. The van der Waals surface area contributed by atoms with Gasteiger partial charge < -0.3 is 13.7 Å². The maximum absolute atomic E-state index is 13.4. The normalized spacial score (nSPS) is 16.1. The Balaban J connectivity index is 1.33. The van der Waals surface area contributed by atoms with Crippen molar-refractivity contribution < 1.29 is 22.0 Å². The highest BCUT2D eigenvalue weighted by molar-refractivity contribution is 7.86. The van der Waals surface area contributed by atoms with E-state index in [9.17, 15) is 17.6 Å². The van der Waals surface area contributed by atoms with Gasteiger partial charge in [-0.25, -0.2) is 4.39 Å². The highest BCUT2D eigenvalue weighted by atomic mass is 32.2. The molecular weight excluding hydrogens is 437 g/mol. The Morgan fingerprint density at radius 2 is 1.88 bits per heavy atom. The Morgan fingerprint density at radius 3 is 2.56 bits per heavy atom. The molecule has 0 unspecified atom stereocenters. The van der Waals surface area contributed by atoms with Crippen LogP contribution in [0.4, 0.5) is 4.39 Å². The molecule has 0 radical (unpaired) electrons. The summed E-state index contributed by atoms with van der Waals surface area (Å²) in [7, 11) is -0.359. The molecule has 3 aromatic rings. The van der Waals surface area contributed by atoms with Crippen molar-refractivity contribution in [2.75, 3.05) is 33.8 Å². The van der Waals surface area contributed by atoms with E-state index < -0.39 is 10.2 Å². The molecule has 32 heavy (non-hydrogen) atoms. The first-order valence-corrected chi connectivity index (χ1v) is 11.8.